The third-order valence-electron chi connectivity index (χ3n) is 3.39. The van der Waals surface area contributed by atoms with E-state index in [4.69, 9.17) is 4.74 Å². The lowest BCUT2D eigenvalue weighted by atomic mass is 10.1. The SMILES string of the molecule is CSc1cccc(NC2COc3ccccc32)c1C#N. The van der Waals surface area contributed by atoms with Crippen LogP contribution in [-0.4, -0.2) is 12.9 Å². The van der Waals surface area contributed by atoms with Crippen LogP contribution in [0, 0.1) is 11.3 Å². The number of fused-ring (bicyclic) bond motifs is 1. The van der Waals surface area contributed by atoms with Gasteiger partial charge in [0.25, 0.3) is 0 Å². The number of benzene rings is 2. The number of hydrogen-bond donors (Lipinski definition) is 1. The standard InChI is InChI=1S/C16H14N2OS/c1-20-16-8-4-6-13(12(16)9-17)18-14-10-19-15-7-3-2-5-11(14)15/h2-8,14,18H,10H2,1H3. The predicted molar refractivity (Wildman–Crippen MR) is 81.2 cm³/mol. The second-order valence-corrected chi connectivity index (χ2v) is 5.39. The summed E-state index contributed by atoms with van der Waals surface area (Å²) in [6, 6.07) is 16.3. The summed E-state index contributed by atoms with van der Waals surface area (Å²) in [7, 11) is 0. The van der Waals surface area contributed by atoms with E-state index >= 15 is 0 Å². The fourth-order valence-electron chi connectivity index (χ4n) is 2.41. The molecule has 3 nitrogen and oxygen atoms in total. The molecule has 0 saturated carbocycles. The minimum absolute atomic E-state index is 0.0930. The van der Waals surface area contributed by atoms with Crippen LogP contribution in [0.4, 0.5) is 5.69 Å². The summed E-state index contributed by atoms with van der Waals surface area (Å²) >= 11 is 1.58. The minimum Gasteiger partial charge on any atom is -0.491 e. The molecule has 1 unspecified atom stereocenters. The lowest BCUT2D eigenvalue weighted by Gasteiger charge is -2.15. The van der Waals surface area contributed by atoms with Crippen molar-refractivity contribution in [1.29, 1.82) is 5.26 Å². The van der Waals surface area contributed by atoms with Gasteiger partial charge in [-0.2, -0.15) is 5.26 Å². The molecule has 2 aromatic carbocycles. The van der Waals surface area contributed by atoms with Gasteiger partial charge in [-0.05, 0) is 24.5 Å². The van der Waals surface area contributed by atoms with E-state index in [1.54, 1.807) is 11.8 Å². The molecule has 1 atom stereocenters. The molecular weight excluding hydrogens is 268 g/mol. The summed E-state index contributed by atoms with van der Waals surface area (Å²) in [6.07, 6.45) is 1.98. The first-order chi connectivity index (χ1) is 9.83. The van der Waals surface area contributed by atoms with Gasteiger partial charge < -0.3 is 10.1 Å². The molecule has 0 spiro atoms. The molecule has 1 heterocycles. The Bertz CT molecular complexity index is 678. The summed E-state index contributed by atoms with van der Waals surface area (Å²) in [6.45, 7) is 0.591. The molecule has 20 heavy (non-hydrogen) atoms. The second kappa shape index (κ2) is 5.48. The maximum absolute atomic E-state index is 9.36. The van der Waals surface area contributed by atoms with Crippen LogP contribution in [0.5, 0.6) is 5.75 Å². The Morgan fingerprint density at radius 3 is 2.90 bits per heavy atom. The monoisotopic (exact) mass is 282 g/mol. The van der Waals surface area contributed by atoms with Gasteiger partial charge in [0.1, 0.15) is 18.4 Å². The summed E-state index contributed by atoms with van der Waals surface area (Å²) in [5.41, 5.74) is 2.71. The van der Waals surface area contributed by atoms with Crippen LogP contribution in [-0.2, 0) is 0 Å². The molecule has 0 bridgehead atoms. The second-order valence-electron chi connectivity index (χ2n) is 4.54. The molecule has 0 amide bonds. The first-order valence-corrected chi connectivity index (χ1v) is 7.61. The lowest BCUT2D eigenvalue weighted by Crippen LogP contribution is -2.13. The molecule has 0 aromatic heterocycles. The summed E-state index contributed by atoms with van der Waals surface area (Å²) in [4.78, 5) is 0.990. The van der Waals surface area contributed by atoms with Crippen molar-refractivity contribution in [1.82, 2.24) is 0 Å². The summed E-state index contributed by atoms with van der Waals surface area (Å²) in [5, 5.41) is 12.8. The maximum atomic E-state index is 9.36. The average Bonchev–Trinajstić information content (AvgIpc) is 2.90. The van der Waals surface area contributed by atoms with Gasteiger partial charge in [0.15, 0.2) is 0 Å². The van der Waals surface area contributed by atoms with Crippen molar-refractivity contribution in [3.05, 3.63) is 53.6 Å². The highest BCUT2D eigenvalue weighted by Gasteiger charge is 2.24. The van der Waals surface area contributed by atoms with Gasteiger partial charge in [0, 0.05) is 10.5 Å². The van der Waals surface area contributed by atoms with Gasteiger partial charge in [-0.3, -0.25) is 0 Å². The fraction of sp³-hybridized carbons (Fsp3) is 0.188. The van der Waals surface area contributed by atoms with Gasteiger partial charge in [-0.15, -0.1) is 11.8 Å². The predicted octanol–water partition coefficient (Wildman–Crippen LogP) is 3.83. The van der Waals surface area contributed by atoms with Crippen LogP contribution >= 0.6 is 11.8 Å². The van der Waals surface area contributed by atoms with Crippen molar-refractivity contribution in [2.45, 2.75) is 10.9 Å². The Morgan fingerprint density at radius 1 is 1.25 bits per heavy atom. The highest BCUT2D eigenvalue weighted by atomic mass is 32.2. The first kappa shape index (κ1) is 12.9. The number of nitrogens with zero attached hydrogens (tertiary/aromatic N) is 1. The van der Waals surface area contributed by atoms with E-state index in [2.05, 4.69) is 17.5 Å². The number of nitrogens with one attached hydrogen (secondary N) is 1. The Balaban J connectivity index is 1.92. The molecule has 1 N–H and O–H groups in total. The third kappa shape index (κ3) is 2.21. The molecule has 1 aliphatic rings. The van der Waals surface area contributed by atoms with Crippen molar-refractivity contribution in [2.24, 2.45) is 0 Å². The summed E-state index contributed by atoms with van der Waals surface area (Å²) in [5.74, 6) is 0.921. The Labute approximate surface area is 122 Å². The number of ether oxygens (including phenoxy) is 1. The highest BCUT2D eigenvalue weighted by molar-refractivity contribution is 7.98. The van der Waals surface area contributed by atoms with Crippen molar-refractivity contribution < 1.29 is 4.74 Å². The van der Waals surface area contributed by atoms with E-state index in [1.807, 2.05) is 42.7 Å². The maximum Gasteiger partial charge on any atom is 0.124 e. The van der Waals surface area contributed by atoms with E-state index in [9.17, 15) is 5.26 Å². The number of nitriles is 1. The zero-order chi connectivity index (χ0) is 13.9. The Kier molecular flexibility index (Phi) is 3.53. The van der Waals surface area contributed by atoms with Gasteiger partial charge in [-0.25, -0.2) is 0 Å². The largest absolute Gasteiger partial charge is 0.491 e. The first-order valence-electron chi connectivity index (χ1n) is 6.39. The molecule has 1 aliphatic heterocycles. The van der Waals surface area contributed by atoms with E-state index in [0.29, 0.717) is 12.2 Å². The topological polar surface area (TPSA) is 45.0 Å². The van der Waals surface area contributed by atoms with Crippen LogP contribution in [0.2, 0.25) is 0 Å². The number of rotatable bonds is 3. The van der Waals surface area contributed by atoms with E-state index in [0.717, 1.165) is 21.9 Å². The van der Waals surface area contributed by atoms with Crippen LogP contribution < -0.4 is 10.1 Å². The molecular formula is C16H14N2OS. The zero-order valence-electron chi connectivity index (χ0n) is 11.1. The van der Waals surface area contributed by atoms with Crippen LogP contribution in [0.25, 0.3) is 0 Å². The number of hydrogen-bond acceptors (Lipinski definition) is 4. The van der Waals surface area contributed by atoms with Crippen LogP contribution in [0.15, 0.2) is 47.4 Å². The average molecular weight is 282 g/mol. The van der Waals surface area contributed by atoms with Crippen molar-refractivity contribution >= 4 is 17.4 Å². The van der Waals surface area contributed by atoms with E-state index < -0.39 is 0 Å². The molecule has 2 aromatic rings. The number of thioether (sulfide) groups is 1. The number of para-hydroxylation sites is 1. The summed E-state index contributed by atoms with van der Waals surface area (Å²) < 4.78 is 5.66. The van der Waals surface area contributed by atoms with Gasteiger partial charge in [0.2, 0.25) is 0 Å². The normalized spacial score (nSPS) is 16.1. The van der Waals surface area contributed by atoms with Crippen LogP contribution in [0.3, 0.4) is 0 Å². The van der Waals surface area contributed by atoms with Crippen LogP contribution in [0.1, 0.15) is 17.2 Å². The van der Waals surface area contributed by atoms with E-state index in [-0.39, 0.29) is 6.04 Å². The van der Waals surface area contributed by atoms with E-state index in [1.165, 1.54) is 0 Å². The third-order valence-corrected chi connectivity index (χ3v) is 4.17. The molecule has 4 heteroatoms. The Morgan fingerprint density at radius 2 is 2.10 bits per heavy atom. The Hall–Kier alpha value is -2.12. The smallest absolute Gasteiger partial charge is 0.124 e. The van der Waals surface area contributed by atoms with Gasteiger partial charge >= 0.3 is 0 Å². The van der Waals surface area contributed by atoms with Gasteiger partial charge in [0.05, 0.1) is 17.3 Å². The van der Waals surface area contributed by atoms with Crippen molar-refractivity contribution in [3.63, 3.8) is 0 Å². The van der Waals surface area contributed by atoms with Crippen molar-refractivity contribution in [3.8, 4) is 11.8 Å². The fourth-order valence-corrected chi connectivity index (χ4v) is 2.98. The highest BCUT2D eigenvalue weighted by Crippen LogP contribution is 2.36. The molecule has 3 rings (SSSR count). The molecule has 100 valence electrons. The lowest BCUT2D eigenvalue weighted by molar-refractivity contribution is 0.340. The molecule has 0 fully saturated rings. The number of anilines is 1. The quantitative estimate of drug-likeness (QED) is 0.869. The molecule has 0 saturated heterocycles. The molecule has 0 radical (unpaired) electrons. The van der Waals surface area contributed by atoms with Gasteiger partial charge in [-0.1, -0.05) is 24.3 Å². The zero-order valence-corrected chi connectivity index (χ0v) is 11.9. The minimum atomic E-state index is 0.0930. The van der Waals surface area contributed by atoms with Crippen molar-refractivity contribution in [2.75, 3.05) is 18.2 Å². The molecule has 0 aliphatic carbocycles.